The first-order chi connectivity index (χ1) is 17.5. The first kappa shape index (κ1) is 23.4. The average Bonchev–Trinajstić information content (AvgIpc) is 2.91. The Bertz CT molecular complexity index is 1450. The van der Waals surface area contributed by atoms with Gasteiger partial charge in [-0.25, -0.2) is 0 Å². The third-order valence-corrected chi connectivity index (χ3v) is 6.53. The Hall–Kier alpha value is -4.32. The van der Waals surface area contributed by atoms with Crippen LogP contribution in [0, 0.1) is 6.92 Å². The SMILES string of the molecule is COc1ccc(C)cc1NC(=O)c1cc2ccccc2cc1OCC(=O)N1CCc2ccccc2C1. The van der Waals surface area contributed by atoms with Crippen LogP contribution in [-0.4, -0.2) is 37.0 Å². The van der Waals surface area contributed by atoms with E-state index in [2.05, 4.69) is 17.4 Å². The minimum Gasteiger partial charge on any atom is -0.495 e. The topological polar surface area (TPSA) is 67.9 Å². The second-order valence-electron chi connectivity index (χ2n) is 8.98. The monoisotopic (exact) mass is 480 g/mol. The molecule has 0 fully saturated rings. The lowest BCUT2D eigenvalue weighted by molar-refractivity contribution is -0.134. The maximum atomic E-state index is 13.4. The number of fused-ring (bicyclic) bond motifs is 2. The van der Waals surface area contributed by atoms with Gasteiger partial charge in [0.25, 0.3) is 11.8 Å². The normalized spacial score (nSPS) is 12.7. The molecule has 0 spiro atoms. The Kier molecular flexibility index (Phi) is 6.58. The summed E-state index contributed by atoms with van der Waals surface area (Å²) in [5, 5.41) is 4.78. The molecule has 1 N–H and O–H groups in total. The van der Waals surface area contributed by atoms with E-state index in [-0.39, 0.29) is 18.4 Å². The molecule has 36 heavy (non-hydrogen) atoms. The molecule has 1 aliphatic rings. The second-order valence-corrected chi connectivity index (χ2v) is 8.98. The van der Waals surface area contributed by atoms with E-state index in [0.717, 1.165) is 28.3 Å². The highest BCUT2D eigenvalue weighted by Gasteiger charge is 2.22. The molecule has 4 aromatic carbocycles. The van der Waals surface area contributed by atoms with Crippen LogP contribution in [0.15, 0.2) is 78.9 Å². The first-order valence-electron chi connectivity index (χ1n) is 12.0. The summed E-state index contributed by atoms with van der Waals surface area (Å²) in [4.78, 5) is 28.2. The van der Waals surface area contributed by atoms with Gasteiger partial charge in [0, 0.05) is 13.1 Å². The molecule has 0 radical (unpaired) electrons. The molecule has 6 nitrogen and oxygen atoms in total. The summed E-state index contributed by atoms with van der Waals surface area (Å²) in [7, 11) is 1.56. The predicted octanol–water partition coefficient (Wildman–Crippen LogP) is 5.37. The van der Waals surface area contributed by atoms with Gasteiger partial charge in [0.15, 0.2) is 6.61 Å². The summed E-state index contributed by atoms with van der Waals surface area (Å²) >= 11 is 0. The van der Waals surface area contributed by atoms with Gasteiger partial charge >= 0.3 is 0 Å². The van der Waals surface area contributed by atoms with Crippen molar-refractivity contribution < 1.29 is 19.1 Å². The van der Waals surface area contributed by atoms with Crippen LogP contribution in [0.4, 0.5) is 5.69 Å². The third kappa shape index (κ3) is 4.89. The standard InChI is InChI=1S/C30H28N2O4/c1-20-11-12-27(35-2)26(15-20)31-30(34)25-16-22-8-4-5-9-23(22)17-28(25)36-19-29(33)32-14-13-21-7-3-6-10-24(21)18-32/h3-12,15-17H,13-14,18-19H2,1-2H3,(H,31,34). The fourth-order valence-electron chi connectivity index (χ4n) is 4.56. The molecule has 0 aliphatic carbocycles. The van der Waals surface area contributed by atoms with Crippen LogP contribution in [0.2, 0.25) is 0 Å². The number of amides is 2. The number of methoxy groups -OCH3 is 1. The van der Waals surface area contributed by atoms with Crippen molar-refractivity contribution in [3.8, 4) is 11.5 Å². The summed E-state index contributed by atoms with van der Waals surface area (Å²) in [5.74, 6) is 0.490. The Morgan fingerprint density at radius 2 is 1.61 bits per heavy atom. The van der Waals surface area contributed by atoms with Crippen molar-refractivity contribution in [2.24, 2.45) is 0 Å². The predicted molar refractivity (Wildman–Crippen MR) is 141 cm³/mol. The molecular formula is C30H28N2O4. The summed E-state index contributed by atoms with van der Waals surface area (Å²) in [6.45, 7) is 3.02. The molecule has 0 unspecified atom stereocenters. The quantitative estimate of drug-likeness (QED) is 0.403. The van der Waals surface area contributed by atoms with Gasteiger partial charge in [-0.15, -0.1) is 0 Å². The fourth-order valence-corrected chi connectivity index (χ4v) is 4.56. The van der Waals surface area contributed by atoms with Crippen molar-refractivity contribution in [3.63, 3.8) is 0 Å². The molecule has 0 bridgehead atoms. The van der Waals surface area contributed by atoms with Gasteiger partial charge < -0.3 is 19.7 Å². The highest BCUT2D eigenvalue weighted by atomic mass is 16.5. The van der Waals surface area contributed by atoms with Gasteiger partial charge in [0.1, 0.15) is 11.5 Å². The molecule has 4 aromatic rings. The van der Waals surface area contributed by atoms with Crippen LogP contribution in [0.1, 0.15) is 27.0 Å². The Morgan fingerprint density at radius 1 is 0.889 bits per heavy atom. The number of nitrogens with one attached hydrogen (secondary N) is 1. The molecule has 2 amide bonds. The zero-order valence-corrected chi connectivity index (χ0v) is 20.4. The molecule has 0 aromatic heterocycles. The summed E-state index contributed by atoms with van der Waals surface area (Å²) in [6, 6.07) is 25.1. The van der Waals surface area contributed by atoms with Crippen molar-refractivity contribution in [3.05, 3.63) is 101 Å². The molecular weight excluding hydrogens is 452 g/mol. The van der Waals surface area contributed by atoms with E-state index >= 15 is 0 Å². The molecule has 6 heteroatoms. The number of nitrogens with zero attached hydrogens (tertiary/aromatic N) is 1. The van der Waals surface area contributed by atoms with Gasteiger partial charge in [-0.1, -0.05) is 54.6 Å². The largest absolute Gasteiger partial charge is 0.495 e. The van der Waals surface area contributed by atoms with Crippen molar-refractivity contribution in [2.45, 2.75) is 19.9 Å². The number of carbonyl (C=O) groups is 2. The molecule has 1 heterocycles. The number of hydrogen-bond acceptors (Lipinski definition) is 4. The average molecular weight is 481 g/mol. The van der Waals surface area contributed by atoms with Crippen LogP contribution < -0.4 is 14.8 Å². The number of carbonyl (C=O) groups excluding carboxylic acids is 2. The van der Waals surface area contributed by atoms with E-state index in [1.54, 1.807) is 18.1 Å². The first-order valence-corrected chi connectivity index (χ1v) is 12.0. The van der Waals surface area contributed by atoms with Crippen LogP contribution in [0.5, 0.6) is 11.5 Å². The lowest BCUT2D eigenvalue weighted by atomic mass is 10.00. The van der Waals surface area contributed by atoms with Crippen molar-refractivity contribution in [1.29, 1.82) is 0 Å². The molecule has 0 saturated carbocycles. The van der Waals surface area contributed by atoms with Crippen LogP contribution >= 0.6 is 0 Å². The number of hydrogen-bond donors (Lipinski definition) is 1. The van der Waals surface area contributed by atoms with Gasteiger partial charge in [0.2, 0.25) is 0 Å². The second kappa shape index (κ2) is 10.1. The lowest BCUT2D eigenvalue weighted by Gasteiger charge is -2.29. The highest BCUT2D eigenvalue weighted by molar-refractivity contribution is 6.09. The molecule has 0 saturated heterocycles. The van der Waals surface area contributed by atoms with Crippen molar-refractivity contribution >= 4 is 28.3 Å². The molecule has 5 rings (SSSR count). The number of aryl methyl sites for hydroxylation is 1. The third-order valence-electron chi connectivity index (χ3n) is 6.53. The summed E-state index contributed by atoms with van der Waals surface area (Å²) in [6.07, 6.45) is 0.823. The number of benzene rings is 4. The molecule has 182 valence electrons. The maximum Gasteiger partial charge on any atom is 0.260 e. The van der Waals surface area contributed by atoms with Crippen LogP contribution in [0.25, 0.3) is 10.8 Å². The van der Waals surface area contributed by atoms with E-state index in [4.69, 9.17) is 9.47 Å². The van der Waals surface area contributed by atoms with Crippen molar-refractivity contribution in [1.82, 2.24) is 4.90 Å². The van der Waals surface area contributed by atoms with Crippen molar-refractivity contribution in [2.75, 3.05) is 25.6 Å². The van der Waals surface area contributed by atoms with Crippen LogP contribution in [0.3, 0.4) is 0 Å². The van der Waals surface area contributed by atoms with E-state index < -0.39 is 0 Å². The van der Waals surface area contributed by atoms with Gasteiger partial charge in [-0.05, 0) is 65.1 Å². The van der Waals surface area contributed by atoms with Gasteiger partial charge in [0.05, 0.1) is 18.4 Å². The smallest absolute Gasteiger partial charge is 0.260 e. The minimum atomic E-state index is -0.334. The van der Waals surface area contributed by atoms with E-state index in [1.807, 2.05) is 67.6 Å². The zero-order valence-electron chi connectivity index (χ0n) is 20.4. The van der Waals surface area contributed by atoms with Gasteiger partial charge in [-0.2, -0.15) is 0 Å². The van der Waals surface area contributed by atoms with Crippen LogP contribution in [-0.2, 0) is 17.8 Å². The zero-order chi connectivity index (χ0) is 25.1. The number of ether oxygens (including phenoxy) is 2. The minimum absolute atomic E-state index is 0.107. The van der Waals surface area contributed by atoms with Gasteiger partial charge in [-0.3, -0.25) is 9.59 Å². The fraction of sp³-hybridized carbons (Fsp3) is 0.200. The lowest BCUT2D eigenvalue weighted by Crippen LogP contribution is -2.38. The maximum absolute atomic E-state index is 13.4. The Labute approximate surface area is 210 Å². The summed E-state index contributed by atoms with van der Waals surface area (Å²) in [5.41, 5.74) is 4.37. The van der Waals surface area contributed by atoms with E-state index in [1.165, 1.54) is 5.56 Å². The molecule has 0 atom stereocenters. The Balaban J connectivity index is 1.38. The summed E-state index contributed by atoms with van der Waals surface area (Å²) < 4.78 is 11.4. The molecule has 1 aliphatic heterocycles. The highest BCUT2D eigenvalue weighted by Crippen LogP contribution is 2.30. The number of anilines is 1. The van der Waals surface area contributed by atoms with E-state index in [0.29, 0.717) is 35.8 Å². The Morgan fingerprint density at radius 3 is 2.39 bits per heavy atom. The number of rotatable bonds is 6. The van der Waals surface area contributed by atoms with E-state index in [9.17, 15) is 9.59 Å².